The van der Waals surface area contributed by atoms with Crippen molar-refractivity contribution in [3.63, 3.8) is 0 Å². The van der Waals surface area contributed by atoms with Crippen LogP contribution >= 0.6 is 0 Å². The molecule has 0 bridgehead atoms. The molecule has 0 unspecified atom stereocenters. The molecule has 23 heavy (non-hydrogen) atoms. The number of carboxylic acids is 1. The van der Waals surface area contributed by atoms with Crippen LogP contribution in [-0.2, 0) is 0 Å². The molecule has 1 aromatic carbocycles. The molecule has 0 amide bonds. The molecule has 0 saturated carbocycles. The van der Waals surface area contributed by atoms with Crippen molar-refractivity contribution in [2.24, 2.45) is 0 Å². The van der Waals surface area contributed by atoms with E-state index in [4.69, 9.17) is 0 Å². The molecule has 118 valence electrons. The minimum atomic E-state index is -0.918. The first-order valence-corrected chi connectivity index (χ1v) is 7.57. The van der Waals surface area contributed by atoms with Crippen LogP contribution < -0.4 is 0 Å². The molecule has 4 nitrogen and oxygen atoms in total. The summed E-state index contributed by atoms with van der Waals surface area (Å²) < 4.78 is 4.15. The van der Waals surface area contributed by atoms with Crippen LogP contribution in [0.1, 0.15) is 33.1 Å². The van der Waals surface area contributed by atoms with Gasteiger partial charge in [-0.05, 0) is 70.2 Å². The molecule has 2 heterocycles. The second-order valence-corrected chi connectivity index (χ2v) is 5.95. The lowest BCUT2D eigenvalue weighted by Gasteiger charge is -2.15. The lowest BCUT2D eigenvalue weighted by molar-refractivity contribution is 0.0697. The first-order chi connectivity index (χ1) is 10.9. The van der Waals surface area contributed by atoms with Gasteiger partial charge < -0.3 is 14.2 Å². The lowest BCUT2D eigenvalue weighted by atomic mass is 10.1. The van der Waals surface area contributed by atoms with Gasteiger partial charge in [-0.15, -0.1) is 0 Å². The third-order valence-electron chi connectivity index (χ3n) is 4.21. The van der Waals surface area contributed by atoms with Crippen molar-refractivity contribution in [1.29, 1.82) is 0 Å². The predicted octanol–water partition coefficient (Wildman–Crippen LogP) is 4.20. The first kappa shape index (κ1) is 15.2. The number of hydrogen-bond donors (Lipinski definition) is 1. The third-order valence-corrected chi connectivity index (χ3v) is 4.21. The molecule has 3 rings (SSSR count). The Morgan fingerprint density at radius 3 is 1.39 bits per heavy atom. The van der Waals surface area contributed by atoms with Gasteiger partial charge >= 0.3 is 5.97 Å². The predicted molar refractivity (Wildman–Crippen MR) is 91.0 cm³/mol. The van der Waals surface area contributed by atoms with Gasteiger partial charge in [0, 0.05) is 34.2 Å². The largest absolute Gasteiger partial charge is 0.478 e. The standard InChI is InChI=1S/C19H20N2O2/c1-12-5-6-13(2)20(12)17-9-16(19(22)23)10-18(11-17)21-14(3)7-8-15(21)4/h5-11H,1-4H3,(H,22,23). The zero-order chi connectivity index (χ0) is 16.7. The normalized spacial score (nSPS) is 11.0. The molecule has 0 fully saturated rings. The van der Waals surface area contributed by atoms with E-state index in [1.165, 1.54) is 0 Å². The maximum atomic E-state index is 11.6. The summed E-state index contributed by atoms with van der Waals surface area (Å²) in [7, 11) is 0. The summed E-state index contributed by atoms with van der Waals surface area (Å²) in [6, 6.07) is 13.6. The average molecular weight is 308 g/mol. The van der Waals surface area contributed by atoms with Crippen molar-refractivity contribution in [3.05, 3.63) is 70.8 Å². The van der Waals surface area contributed by atoms with Crippen LogP contribution in [0.2, 0.25) is 0 Å². The van der Waals surface area contributed by atoms with Crippen LogP contribution in [0.15, 0.2) is 42.5 Å². The van der Waals surface area contributed by atoms with Gasteiger partial charge in [-0.1, -0.05) is 0 Å². The van der Waals surface area contributed by atoms with Gasteiger partial charge in [-0.3, -0.25) is 0 Å². The summed E-state index contributed by atoms with van der Waals surface area (Å²) in [5.74, 6) is -0.918. The fraction of sp³-hybridized carbons (Fsp3) is 0.211. The second kappa shape index (κ2) is 5.47. The zero-order valence-corrected chi connectivity index (χ0v) is 13.8. The van der Waals surface area contributed by atoms with Gasteiger partial charge in [-0.2, -0.15) is 0 Å². The summed E-state index contributed by atoms with van der Waals surface area (Å²) in [6.45, 7) is 8.08. The Balaban J connectivity index is 2.29. The van der Waals surface area contributed by atoms with E-state index in [0.29, 0.717) is 0 Å². The molecule has 1 N–H and O–H groups in total. The van der Waals surface area contributed by atoms with Crippen molar-refractivity contribution < 1.29 is 9.90 Å². The van der Waals surface area contributed by atoms with Gasteiger partial charge in [0.15, 0.2) is 0 Å². The molecule has 0 radical (unpaired) electrons. The number of hydrogen-bond acceptors (Lipinski definition) is 1. The fourth-order valence-electron chi connectivity index (χ4n) is 3.13. The molecule has 0 aliphatic carbocycles. The molecule has 0 spiro atoms. The Hall–Kier alpha value is -2.75. The van der Waals surface area contributed by atoms with E-state index in [2.05, 4.69) is 9.13 Å². The molecular formula is C19H20N2O2. The van der Waals surface area contributed by atoms with Crippen molar-refractivity contribution in [2.45, 2.75) is 27.7 Å². The van der Waals surface area contributed by atoms with Gasteiger partial charge in [-0.25, -0.2) is 4.79 Å². The maximum absolute atomic E-state index is 11.6. The Bertz CT molecular complexity index is 797. The summed E-state index contributed by atoms with van der Waals surface area (Å²) in [4.78, 5) is 11.6. The summed E-state index contributed by atoms with van der Waals surface area (Å²) in [6.07, 6.45) is 0. The van der Waals surface area contributed by atoms with Gasteiger partial charge in [0.2, 0.25) is 0 Å². The number of nitrogens with zero attached hydrogens (tertiary/aromatic N) is 2. The molecule has 0 aliphatic rings. The monoisotopic (exact) mass is 308 g/mol. The van der Waals surface area contributed by atoms with E-state index in [1.807, 2.05) is 58.0 Å². The highest BCUT2D eigenvalue weighted by atomic mass is 16.4. The highest BCUT2D eigenvalue weighted by Crippen LogP contribution is 2.24. The van der Waals surface area contributed by atoms with Crippen LogP contribution in [0.3, 0.4) is 0 Å². The van der Waals surface area contributed by atoms with E-state index in [-0.39, 0.29) is 5.56 Å². The van der Waals surface area contributed by atoms with Gasteiger partial charge in [0.05, 0.1) is 5.56 Å². The maximum Gasteiger partial charge on any atom is 0.335 e. The van der Waals surface area contributed by atoms with Gasteiger partial charge in [0.25, 0.3) is 0 Å². The number of carboxylic acid groups (broad SMARTS) is 1. The van der Waals surface area contributed by atoms with Crippen LogP contribution in [0.25, 0.3) is 11.4 Å². The zero-order valence-electron chi connectivity index (χ0n) is 13.8. The Morgan fingerprint density at radius 1 is 0.739 bits per heavy atom. The second-order valence-electron chi connectivity index (χ2n) is 5.95. The third kappa shape index (κ3) is 2.57. The first-order valence-electron chi connectivity index (χ1n) is 7.57. The van der Waals surface area contributed by atoms with Crippen LogP contribution in [0.4, 0.5) is 0 Å². The minimum Gasteiger partial charge on any atom is -0.478 e. The van der Waals surface area contributed by atoms with E-state index < -0.39 is 5.97 Å². The molecule has 4 heteroatoms. The summed E-state index contributed by atoms with van der Waals surface area (Å²) in [5.41, 5.74) is 6.35. The van der Waals surface area contributed by atoms with Crippen molar-refractivity contribution >= 4 is 5.97 Å². The van der Waals surface area contributed by atoms with Crippen molar-refractivity contribution in [3.8, 4) is 11.4 Å². The Kier molecular flexibility index (Phi) is 3.60. The molecule has 0 aliphatic heterocycles. The molecular weight excluding hydrogens is 288 g/mol. The van der Waals surface area contributed by atoms with Crippen LogP contribution in [-0.4, -0.2) is 20.2 Å². The minimum absolute atomic E-state index is 0.289. The Labute approximate surface area is 135 Å². The summed E-state index contributed by atoms with van der Waals surface area (Å²) in [5, 5.41) is 9.49. The van der Waals surface area contributed by atoms with E-state index in [1.54, 1.807) is 12.1 Å². The van der Waals surface area contributed by atoms with E-state index in [0.717, 1.165) is 34.2 Å². The van der Waals surface area contributed by atoms with Crippen molar-refractivity contribution in [1.82, 2.24) is 9.13 Å². The van der Waals surface area contributed by atoms with Gasteiger partial charge in [0.1, 0.15) is 0 Å². The number of aromatic nitrogens is 2. The number of aromatic carboxylic acids is 1. The summed E-state index contributed by atoms with van der Waals surface area (Å²) >= 11 is 0. The van der Waals surface area contributed by atoms with E-state index >= 15 is 0 Å². The lowest BCUT2D eigenvalue weighted by Crippen LogP contribution is -2.07. The SMILES string of the molecule is Cc1ccc(C)n1-c1cc(C(=O)O)cc(-n2c(C)ccc2C)c1. The number of rotatable bonds is 3. The number of carbonyl (C=O) groups is 1. The van der Waals surface area contributed by atoms with E-state index in [9.17, 15) is 9.90 Å². The molecule has 0 atom stereocenters. The van der Waals surface area contributed by atoms with Crippen molar-refractivity contribution in [2.75, 3.05) is 0 Å². The fourth-order valence-corrected chi connectivity index (χ4v) is 3.13. The number of aryl methyl sites for hydroxylation is 4. The molecule has 3 aromatic rings. The quantitative estimate of drug-likeness (QED) is 0.788. The highest BCUT2D eigenvalue weighted by Gasteiger charge is 2.13. The molecule has 0 saturated heterocycles. The smallest absolute Gasteiger partial charge is 0.335 e. The topological polar surface area (TPSA) is 47.2 Å². The molecule has 2 aromatic heterocycles. The highest BCUT2D eigenvalue weighted by molar-refractivity contribution is 5.89. The van der Waals surface area contributed by atoms with Crippen LogP contribution in [0.5, 0.6) is 0 Å². The van der Waals surface area contributed by atoms with Crippen LogP contribution in [0, 0.1) is 27.7 Å². The average Bonchev–Trinajstić information content (AvgIpc) is 3.01. The Morgan fingerprint density at radius 2 is 1.09 bits per heavy atom. The number of benzene rings is 1.